The minimum absolute atomic E-state index is 0.0484. The Morgan fingerprint density at radius 3 is 1.86 bits per heavy atom. The van der Waals surface area contributed by atoms with Crippen molar-refractivity contribution in [2.75, 3.05) is 59.5 Å². The Hall–Kier alpha value is -1.51. The van der Waals surface area contributed by atoms with Gasteiger partial charge in [-0.05, 0) is 23.5 Å². The van der Waals surface area contributed by atoms with Gasteiger partial charge in [-0.15, -0.1) is 0 Å². The summed E-state index contributed by atoms with van der Waals surface area (Å²) in [6, 6.07) is 7.85. The molecular formula is C21H30O7. The van der Waals surface area contributed by atoms with E-state index in [2.05, 4.69) is 0 Å². The maximum atomic E-state index is 12.2. The number of rotatable bonds is 0. The van der Waals surface area contributed by atoms with Gasteiger partial charge in [0.2, 0.25) is 0 Å². The molecule has 1 aliphatic heterocycles. The number of hydrogen-bond donors (Lipinski definition) is 0. The van der Waals surface area contributed by atoms with E-state index in [9.17, 15) is 4.79 Å². The first-order valence-electron chi connectivity index (χ1n) is 9.96. The SMILES string of the molecule is O=C1OCc2ccccc2COCCOCCOCCOCCOC[C@H]2C[C@H]12. The van der Waals surface area contributed by atoms with Crippen molar-refractivity contribution in [3.63, 3.8) is 0 Å². The number of benzene rings is 1. The lowest BCUT2D eigenvalue weighted by Gasteiger charge is -2.12. The molecular weight excluding hydrogens is 364 g/mol. The number of fused-ring (bicyclic) bond motifs is 2. The molecule has 28 heavy (non-hydrogen) atoms. The highest BCUT2D eigenvalue weighted by molar-refractivity contribution is 5.75. The Balaban J connectivity index is 1.47. The molecule has 0 aromatic heterocycles. The van der Waals surface area contributed by atoms with Crippen molar-refractivity contribution < 1.29 is 33.2 Å². The lowest BCUT2D eigenvalue weighted by molar-refractivity contribution is -0.147. The van der Waals surface area contributed by atoms with Crippen LogP contribution < -0.4 is 0 Å². The minimum Gasteiger partial charge on any atom is -0.461 e. The molecule has 1 aromatic carbocycles. The Morgan fingerprint density at radius 2 is 1.21 bits per heavy atom. The van der Waals surface area contributed by atoms with Crippen molar-refractivity contribution in [3.8, 4) is 0 Å². The largest absolute Gasteiger partial charge is 0.461 e. The summed E-state index contributed by atoms with van der Waals surface area (Å²) in [7, 11) is 0. The minimum atomic E-state index is -0.145. The van der Waals surface area contributed by atoms with Gasteiger partial charge in [-0.25, -0.2) is 0 Å². The van der Waals surface area contributed by atoms with Gasteiger partial charge in [-0.3, -0.25) is 4.79 Å². The summed E-state index contributed by atoms with van der Waals surface area (Å²) in [6.45, 7) is 5.50. The molecule has 0 unspecified atom stereocenters. The van der Waals surface area contributed by atoms with Crippen LogP contribution in [0.25, 0.3) is 0 Å². The normalized spacial score (nSPS) is 26.6. The van der Waals surface area contributed by atoms with E-state index in [0.717, 1.165) is 17.5 Å². The van der Waals surface area contributed by atoms with Gasteiger partial charge in [0.15, 0.2) is 0 Å². The predicted molar refractivity (Wildman–Crippen MR) is 101 cm³/mol. The third-order valence-corrected chi connectivity index (χ3v) is 4.79. The molecule has 2 atom stereocenters. The maximum absolute atomic E-state index is 12.2. The molecule has 1 aromatic rings. The van der Waals surface area contributed by atoms with Crippen molar-refractivity contribution in [3.05, 3.63) is 35.4 Å². The average molecular weight is 394 g/mol. The summed E-state index contributed by atoms with van der Waals surface area (Å²) in [5.74, 6) is 0.0632. The van der Waals surface area contributed by atoms with Crippen LogP contribution in [0.5, 0.6) is 0 Å². The van der Waals surface area contributed by atoms with Gasteiger partial charge in [-0.1, -0.05) is 24.3 Å². The lowest BCUT2D eigenvalue weighted by Crippen LogP contribution is -2.15. The molecule has 0 amide bonds. The lowest BCUT2D eigenvalue weighted by atomic mass is 10.1. The van der Waals surface area contributed by atoms with Gasteiger partial charge in [-0.2, -0.15) is 0 Å². The molecule has 1 aliphatic carbocycles. The molecule has 1 saturated carbocycles. The number of hydrogen-bond acceptors (Lipinski definition) is 7. The molecule has 0 spiro atoms. The van der Waals surface area contributed by atoms with Crippen LogP contribution in [0, 0.1) is 11.8 Å². The van der Waals surface area contributed by atoms with Crippen molar-refractivity contribution in [1.82, 2.24) is 0 Å². The number of esters is 1. The zero-order valence-corrected chi connectivity index (χ0v) is 16.3. The molecule has 1 fully saturated rings. The van der Waals surface area contributed by atoms with Crippen molar-refractivity contribution in [2.45, 2.75) is 19.6 Å². The van der Waals surface area contributed by atoms with Gasteiger partial charge in [0, 0.05) is 0 Å². The van der Waals surface area contributed by atoms with E-state index in [0.29, 0.717) is 66.1 Å². The van der Waals surface area contributed by atoms with Crippen LogP contribution in [0.4, 0.5) is 0 Å². The van der Waals surface area contributed by atoms with Crippen LogP contribution in [-0.4, -0.2) is 65.4 Å². The van der Waals surface area contributed by atoms with Crippen LogP contribution in [0.15, 0.2) is 24.3 Å². The number of cyclic esters (lactones) is 1. The summed E-state index contributed by atoms with van der Waals surface area (Å²) in [5.41, 5.74) is 1.99. The van der Waals surface area contributed by atoms with Crippen LogP contribution in [0.1, 0.15) is 17.5 Å². The molecule has 156 valence electrons. The number of carbonyl (C=O) groups excluding carboxylic acids is 1. The zero-order chi connectivity index (χ0) is 19.4. The topological polar surface area (TPSA) is 72.5 Å². The Labute approximate surface area is 166 Å². The van der Waals surface area contributed by atoms with Gasteiger partial charge < -0.3 is 28.4 Å². The molecule has 7 heteroatoms. The Bertz CT molecular complexity index is 592. The van der Waals surface area contributed by atoms with E-state index >= 15 is 0 Å². The van der Waals surface area contributed by atoms with Crippen molar-refractivity contribution in [2.24, 2.45) is 11.8 Å². The van der Waals surface area contributed by atoms with E-state index in [1.54, 1.807) is 0 Å². The third-order valence-electron chi connectivity index (χ3n) is 4.79. The molecule has 0 saturated heterocycles. The van der Waals surface area contributed by atoms with Crippen LogP contribution >= 0.6 is 0 Å². The Morgan fingerprint density at radius 1 is 0.679 bits per heavy atom. The summed E-state index contributed by atoms with van der Waals surface area (Å²) in [6.07, 6.45) is 0.832. The van der Waals surface area contributed by atoms with Gasteiger partial charge in [0.05, 0.1) is 72.0 Å². The smallest absolute Gasteiger partial charge is 0.309 e. The molecule has 3 rings (SSSR count). The molecule has 0 N–H and O–H groups in total. The third kappa shape index (κ3) is 7.48. The monoisotopic (exact) mass is 394 g/mol. The van der Waals surface area contributed by atoms with Crippen LogP contribution in [-0.2, 0) is 46.4 Å². The second-order valence-electron chi connectivity index (χ2n) is 6.94. The molecule has 2 aliphatic rings. The van der Waals surface area contributed by atoms with Crippen LogP contribution in [0.2, 0.25) is 0 Å². The fourth-order valence-electron chi connectivity index (χ4n) is 3.01. The second-order valence-corrected chi connectivity index (χ2v) is 6.94. The maximum Gasteiger partial charge on any atom is 0.309 e. The van der Waals surface area contributed by atoms with E-state index < -0.39 is 0 Å². The van der Waals surface area contributed by atoms with E-state index in [4.69, 9.17) is 28.4 Å². The molecule has 7 nitrogen and oxygen atoms in total. The van der Waals surface area contributed by atoms with E-state index in [-0.39, 0.29) is 24.4 Å². The average Bonchev–Trinajstić information content (AvgIpc) is 3.49. The quantitative estimate of drug-likeness (QED) is 0.623. The fraction of sp³-hybridized carbons (Fsp3) is 0.667. The van der Waals surface area contributed by atoms with Gasteiger partial charge in [0.1, 0.15) is 6.61 Å². The van der Waals surface area contributed by atoms with Crippen molar-refractivity contribution >= 4 is 5.97 Å². The summed E-state index contributed by atoms with van der Waals surface area (Å²) in [4.78, 5) is 12.2. The fourth-order valence-corrected chi connectivity index (χ4v) is 3.01. The van der Waals surface area contributed by atoms with Gasteiger partial charge >= 0.3 is 5.97 Å². The first kappa shape index (κ1) is 21.2. The van der Waals surface area contributed by atoms with Gasteiger partial charge in [0.25, 0.3) is 0 Å². The highest BCUT2D eigenvalue weighted by atomic mass is 16.6. The van der Waals surface area contributed by atoms with Crippen molar-refractivity contribution in [1.29, 1.82) is 0 Å². The summed E-state index contributed by atoms with van der Waals surface area (Å²) < 4.78 is 33.2. The highest BCUT2D eigenvalue weighted by Crippen LogP contribution is 2.39. The predicted octanol–water partition coefficient (Wildman–Crippen LogP) is 1.96. The molecule has 0 bridgehead atoms. The van der Waals surface area contributed by atoms with E-state index in [1.165, 1.54) is 0 Å². The summed E-state index contributed by atoms with van der Waals surface area (Å²) >= 11 is 0. The molecule has 0 radical (unpaired) electrons. The highest BCUT2D eigenvalue weighted by Gasteiger charge is 2.44. The summed E-state index contributed by atoms with van der Waals surface area (Å²) in [5, 5.41) is 0. The van der Waals surface area contributed by atoms with Crippen LogP contribution in [0.3, 0.4) is 0 Å². The molecule has 1 heterocycles. The standard InChI is InChI=1S/C21H30O7/c22-21-20-13-19(20)15-27-12-10-25-8-6-23-5-7-24-9-11-26-14-17-3-1-2-4-18(17)16-28-21/h1-4,19-20H,5-16H2/t19-,20+/m1/s1. The first-order chi connectivity index (χ1) is 13.8. The second kappa shape index (κ2) is 12.1. The zero-order valence-electron chi connectivity index (χ0n) is 16.3. The number of carbonyl (C=O) groups is 1. The van der Waals surface area contributed by atoms with E-state index in [1.807, 2.05) is 24.3 Å². The first-order valence-corrected chi connectivity index (χ1v) is 9.96. The Kier molecular flexibility index (Phi) is 9.19. The number of ether oxygens (including phenoxy) is 6.